The van der Waals surface area contributed by atoms with Crippen LogP contribution in [0, 0.1) is 19.7 Å². The minimum atomic E-state index is -0.237. The van der Waals surface area contributed by atoms with Gasteiger partial charge in [0.1, 0.15) is 11.5 Å². The van der Waals surface area contributed by atoms with Gasteiger partial charge in [0.15, 0.2) is 0 Å². The molecule has 1 N–H and O–H groups in total. The monoisotopic (exact) mass is 457 g/mol. The van der Waals surface area contributed by atoms with Crippen LogP contribution in [0.5, 0.6) is 0 Å². The van der Waals surface area contributed by atoms with E-state index in [4.69, 9.17) is 5.10 Å². The van der Waals surface area contributed by atoms with Crippen molar-refractivity contribution in [2.75, 3.05) is 20.6 Å². The summed E-state index contributed by atoms with van der Waals surface area (Å²) in [6.07, 6.45) is 7.82. The second-order valence-electron chi connectivity index (χ2n) is 8.95. The highest BCUT2D eigenvalue weighted by molar-refractivity contribution is 5.96. The van der Waals surface area contributed by atoms with Crippen LogP contribution in [0.15, 0.2) is 55.1 Å². The van der Waals surface area contributed by atoms with Crippen molar-refractivity contribution in [2.45, 2.75) is 26.9 Å². The summed E-state index contributed by atoms with van der Waals surface area (Å²) < 4.78 is 17.6. The smallest absolute Gasteiger partial charge is 0.137 e. The van der Waals surface area contributed by atoms with Crippen molar-refractivity contribution in [2.24, 2.45) is 0 Å². The van der Waals surface area contributed by atoms with Crippen molar-refractivity contribution in [1.29, 1.82) is 0 Å². The highest BCUT2D eigenvalue weighted by atomic mass is 19.1. The molecule has 5 aromatic rings. The molecule has 0 radical (unpaired) electrons. The lowest BCUT2D eigenvalue weighted by atomic mass is 10.0. The molecule has 0 aliphatic carbocycles. The number of nitrogens with zero attached hydrogens (tertiary/aromatic N) is 6. The van der Waals surface area contributed by atoms with E-state index in [1.54, 1.807) is 12.1 Å². The lowest BCUT2D eigenvalue weighted by Gasteiger charge is -2.08. The van der Waals surface area contributed by atoms with Crippen molar-refractivity contribution in [1.82, 2.24) is 34.4 Å². The second kappa shape index (κ2) is 8.87. The van der Waals surface area contributed by atoms with Crippen molar-refractivity contribution < 1.29 is 4.39 Å². The second-order valence-corrected chi connectivity index (χ2v) is 8.95. The van der Waals surface area contributed by atoms with Crippen molar-refractivity contribution in [3.8, 4) is 22.3 Å². The Balaban J connectivity index is 1.50. The maximum absolute atomic E-state index is 13.7. The summed E-state index contributed by atoms with van der Waals surface area (Å²) in [6.45, 7) is 6.34. The fourth-order valence-electron chi connectivity index (χ4n) is 4.35. The molecular formula is C26H28FN7. The van der Waals surface area contributed by atoms with Crippen LogP contribution in [-0.2, 0) is 13.1 Å². The van der Waals surface area contributed by atoms with Crippen LogP contribution in [0.2, 0.25) is 0 Å². The zero-order chi connectivity index (χ0) is 23.8. The standard InChI is InChI=1S/C26H28FN7/c1-17-25(18(2)34(31-17)15-19-6-5-7-22(27)10-19)24-14-29-26-23(24)11-20(12-28-26)21-13-30-33(16-21)9-8-32(3)4/h5-7,10-14,16H,8-9,15H2,1-4H3,(H,28,29). The Morgan fingerprint density at radius 2 is 1.94 bits per heavy atom. The van der Waals surface area contributed by atoms with E-state index in [0.717, 1.165) is 63.3 Å². The Labute approximate surface area is 197 Å². The molecule has 0 unspecified atom stereocenters. The largest absolute Gasteiger partial charge is 0.346 e. The number of pyridine rings is 1. The van der Waals surface area contributed by atoms with E-state index in [1.807, 2.05) is 40.9 Å². The molecule has 0 bridgehead atoms. The molecule has 0 saturated carbocycles. The summed E-state index contributed by atoms with van der Waals surface area (Å²) in [4.78, 5) is 10.1. The summed E-state index contributed by atoms with van der Waals surface area (Å²) in [5, 5.41) is 10.3. The van der Waals surface area contributed by atoms with E-state index in [9.17, 15) is 4.39 Å². The topological polar surface area (TPSA) is 67.6 Å². The zero-order valence-electron chi connectivity index (χ0n) is 19.9. The van der Waals surface area contributed by atoms with Gasteiger partial charge in [0.05, 0.1) is 25.0 Å². The molecule has 0 aliphatic rings. The maximum atomic E-state index is 13.7. The molecule has 174 valence electrons. The van der Waals surface area contributed by atoms with E-state index < -0.39 is 0 Å². The van der Waals surface area contributed by atoms with Gasteiger partial charge in [0, 0.05) is 58.5 Å². The van der Waals surface area contributed by atoms with Crippen molar-refractivity contribution in [3.63, 3.8) is 0 Å². The van der Waals surface area contributed by atoms with E-state index in [1.165, 1.54) is 6.07 Å². The van der Waals surface area contributed by atoms with Crippen LogP contribution in [-0.4, -0.2) is 55.1 Å². The molecule has 1 aromatic carbocycles. The van der Waals surface area contributed by atoms with Crippen LogP contribution >= 0.6 is 0 Å². The third-order valence-corrected chi connectivity index (χ3v) is 6.15. The van der Waals surface area contributed by atoms with Crippen LogP contribution in [0.3, 0.4) is 0 Å². The van der Waals surface area contributed by atoms with Crippen molar-refractivity contribution >= 4 is 11.0 Å². The maximum Gasteiger partial charge on any atom is 0.137 e. The third kappa shape index (κ3) is 4.24. The van der Waals surface area contributed by atoms with Gasteiger partial charge in [-0.25, -0.2) is 9.37 Å². The third-order valence-electron chi connectivity index (χ3n) is 6.15. The summed E-state index contributed by atoms with van der Waals surface area (Å²) >= 11 is 0. The Morgan fingerprint density at radius 3 is 2.74 bits per heavy atom. The van der Waals surface area contributed by atoms with Crippen LogP contribution in [0.4, 0.5) is 4.39 Å². The minimum absolute atomic E-state index is 0.237. The molecule has 4 aromatic heterocycles. The Bertz CT molecular complexity index is 1460. The lowest BCUT2D eigenvalue weighted by molar-refractivity contribution is 0.373. The summed E-state index contributed by atoms with van der Waals surface area (Å²) in [7, 11) is 4.11. The predicted molar refractivity (Wildman–Crippen MR) is 132 cm³/mol. The lowest BCUT2D eigenvalue weighted by Crippen LogP contribution is -2.18. The molecule has 0 fully saturated rings. The number of benzene rings is 1. The number of aromatic nitrogens is 6. The Morgan fingerprint density at radius 1 is 1.09 bits per heavy atom. The van der Waals surface area contributed by atoms with Gasteiger partial charge < -0.3 is 9.88 Å². The predicted octanol–water partition coefficient (Wildman–Crippen LogP) is 4.66. The number of aromatic amines is 1. The van der Waals surface area contributed by atoms with E-state index in [2.05, 4.69) is 53.2 Å². The molecule has 0 atom stereocenters. The minimum Gasteiger partial charge on any atom is -0.346 e. The first-order valence-corrected chi connectivity index (χ1v) is 11.3. The molecule has 7 nitrogen and oxygen atoms in total. The summed E-state index contributed by atoms with van der Waals surface area (Å²) in [6, 6.07) is 8.81. The molecular weight excluding hydrogens is 429 g/mol. The number of hydrogen-bond donors (Lipinski definition) is 1. The number of nitrogens with one attached hydrogen (secondary N) is 1. The first-order chi connectivity index (χ1) is 16.4. The first kappa shape index (κ1) is 22.0. The van der Waals surface area contributed by atoms with E-state index >= 15 is 0 Å². The Hall–Kier alpha value is -3.78. The van der Waals surface area contributed by atoms with Crippen LogP contribution < -0.4 is 0 Å². The van der Waals surface area contributed by atoms with Crippen LogP contribution in [0.25, 0.3) is 33.3 Å². The number of rotatable bonds is 7. The number of aryl methyl sites for hydroxylation is 1. The van der Waals surface area contributed by atoms with Gasteiger partial charge in [0.2, 0.25) is 0 Å². The van der Waals surface area contributed by atoms with Gasteiger partial charge >= 0.3 is 0 Å². The molecule has 4 heterocycles. The fourth-order valence-corrected chi connectivity index (χ4v) is 4.35. The average molecular weight is 458 g/mol. The normalized spacial score (nSPS) is 11.7. The Kier molecular flexibility index (Phi) is 5.75. The quantitative estimate of drug-likeness (QED) is 0.386. The highest BCUT2D eigenvalue weighted by Crippen LogP contribution is 2.34. The van der Waals surface area contributed by atoms with Crippen LogP contribution in [0.1, 0.15) is 17.0 Å². The average Bonchev–Trinajstić information content (AvgIpc) is 3.50. The fraction of sp³-hybridized carbons (Fsp3) is 0.269. The number of hydrogen-bond acceptors (Lipinski definition) is 4. The van der Waals surface area contributed by atoms with Gasteiger partial charge in [-0.15, -0.1) is 0 Å². The molecule has 0 aliphatic heterocycles. The van der Waals surface area contributed by atoms with E-state index in [-0.39, 0.29) is 5.82 Å². The number of fused-ring (bicyclic) bond motifs is 1. The molecule has 34 heavy (non-hydrogen) atoms. The van der Waals surface area contributed by atoms with Crippen molar-refractivity contribution in [3.05, 3.63) is 77.9 Å². The highest BCUT2D eigenvalue weighted by Gasteiger charge is 2.18. The summed E-state index contributed by atoms with van der Waals surface area (Å²) in [5.74, 6) is -0.237. The van der Waals surface area contributed by atoms with Gasteiger partial charge in [-0.3, -0.25) is 9.36 Å². The number of likely N-dealkylation sites (N-methyl/N-ethyl adjacent to an activating group) is 1. The molecule has 0 spiro atoms. The van der Waals surface area contributed by atoms with Gasteiger partial charge in [-0.2, -0.15) is 10.2 Å². The first-order valence-electron chi connectivity index (χ1n) is 11.3. The zero-order valence-corrected chi connectivity index (χ0v) is 19.9. The van der Waals surface area contributed by atoms with E-state index in [0.29, 0.717) is 6.54 Å². The van der Waals surface area contributed by atoms with Gasteiger partial charge in [-0.05, 0) is 51.7 Å². The van der Waals surface area contributed by atoms with Gasteiger partial charge in [0.25, 0.3) is 0 Å². The SMILES string of the molecule is Cc1nn(Cc2cccc(F)c2)c(C)c1-c1c[nH]c2ncc(-c3cnn(CCN(C)C)c3)cc12. The molecule has 0 amide bonds. The number of halogens is 1. The molecule has 0 saturated heterocycles. The van der Waals surface area contributed by atoms with Gasteiger partial charge in [-0.1, -0.05) is 12.1 Å². The number of H-pyrrole nitrogens is 1. The molecule has 5 rings (SSSR count). The molecule has 8 heteroatoms. The summed E-state index contributed by atoms with van der Waals surface area (Å²) in [5.41, 5.74) is 7.86.